The molecule has 0 aromatic heterocycles. The molecule has 2 aromatic carbocycles. The van der Waals surface area contributed by atoms with Gasteiger partial charge in [-0.3, -0.25) is 9.59 Å². The Morgan fingerprint density at radius 1 is 1.04 bits per heavy atom. The molecule has 2 aromatic rings. The van der Waals surface area contributed by atoms with Gasteiger partial charge in [-0.2, -0.15) is 0 Å². The van der Waals surface area contributed by atoms with Crippen molar-refractivity contribution in [1.82, 2.24) is 10.2 Å². The van der Waals surface area contributed by atoms with E-state index >= 15 is 0 Å². The first-order chi connectivity index (χ1) is 13.1. The summed E-state index contributed by atoms with van der Waals surface area (Å²) >= 11 is 0. The van der Waals surface area contributed by atoms with Gasteiger partial charge < -0.3 is 19.9 Å². The van der Waals surface area contributed by atoms with Gasteiger partial charge in [-0.25, -0.2) is 4.39 Å². The number of para-hydroxylation sites is 2. The number of carbonyl (C=O) groups excluding carboxylic acids is 2. The van der Waals surface area contributed by atoms with E-state index in [0.717, 1.165) is 17.0 Å². The Balaban J connectivity index is 1.51. The third-order valence-corrected chi connectivity index (χ3v) is 4.55. The van der Waals surface area contributed by atoms with Crippen molar-refractivity contribution < 1.29 is 18.7 Å². The van der Waals surface area contributed by atoms with E-state index in [1.807, 2.05) is 24.3 Å². The third kappa shape index (κ3) is 4.55. The molecule has 0 unspecified atom stereocenters. The van der Waals surface area contributed by atoms with Crippen molar-refractivity contribution in [3.8, 4) is 5.75 Å². The fourth-order valence-electron chi connectivity index (χ4n) is 3.05. The standard InChI is InChI=1S/C20H22FN3O3/c1-27-18-5-3-2-4-17(18)23-10-12-24(13-11-23)20(26)19(25)22-14-15-6-8-16(21)9-7-15/h2-9H,10-14H2,1H3,(H,22,25). The van der Waals surface area contributed by atoms with Crippen molar-refractivity contribution >= 4 is 17.5 Å². The predicted molar refractivity (Wildman–Crippen MR) is 100 cm³/mol. The maximum Gasteiger partial charge on any atom is 0.312 e. The lowest BCUT2D eigenvalue weighted by atomic mass is 10.2. The number of carbonyl (C=O) groups is 2. The minimum Gasteiger partial charge on any atom is -0.495 e. The summed E-state index contributed by atoms with van der Waals surface area (Å²) in [5.41, 5.74) is 1.71. The highest BCUT2D eigenvalue weighted by Crippen LogP contribution is 2.28. The van der Waals surface area contributed by atoms with Crippen LogP contribution in [0.3, 0.4) is 0 Å². The predicted octanol–water partition coefficient (Wildman–Crippen LogP) is 1.80. The van der Waals surface area contributed by atoms with Crippen LogP contribution in [-0.4, -0.2) is 50.0 Å². The van der Waals surface area contributed by atoms with Crippen LogP contribution in [-0.2, 0) is 16.1 Å². The van der Waals surface area contributed by atoms with Crippen LogP contribution >= 0.6 is 0 Å². The molecular weight excluding hydrogens is 349 g/mol. The van der Waals surface area contributed by atoms with Gasteiger partial charge >= 0.3 is 11.8 Å². The summed E-state index contributed by atoms with van der Waals surface area (Å²) in [4.78, 5) is 28.2. The first-order valence-electron chi connectivity index (χ1n) is 8.78. The number of ether oxygens (including phenoxy) is 1. The van der Waals surface area contributed by atoms with E-state index in [-0.39, 0.29) is 12.4 Å². The van der Waals surface area contributed by atoms with Crippen LogP contribution in [0.5, 0.6) is 5.75 Å². The second-order valence-corrected chi connectivity index (χ2v) is 6.26. The molecule has 27 heavy (non-hydrogen) atoms. The van der Waals surface area contributed by atoms with Gasteiger partial charge in [-0.05, 0) is 29.8 Å². The molecule has 0 atom stereocenters. The second kappa shape index (κ2) is 8.53. The number of hydrogen-bond acceptors (Lipinski definition) is 4. The molecule has 7 heteroatoms. The molecule has 1 heterocycles. The zero-order valence-corrected chi connectivity index (χ0v) is 15.2. The van der Waals surface area contributed by atoms with Crippen LogP contribution in [0.2, 0.25) is 0 Å². The van der Waals surface area contributed by atoms with E-state index in [4.69, 9.17) is 4.74 Å². The van der Waals surface area contributed by atoms with Gasteiger partial charge in [0.25, 0.3) is 0 Å². The third-order valence-electron chi connectivity index (χ3n) is 4.55. The maximum atomic E-state index is 12.9. The van der Waals surface area contributed by atoms with Gasteiger partial charge in [-0.15, -0.1) is 0 Å². The van der Waals surface area contributed by atoms with E-state index in [2.05, 4.69) is 10.2 Å². The molecule has 0 bridgehead atoms. The average molecular weight is 371 g/mol. The molecule has 1 fully saturated rings. The van der Waals surface area contributed by atoms with Crippen molar-refractivity contribution in [3.63, 3.8) is 0 Å². The molecule has 142 valence electrons. The zero-order chi connectivity index (χ0) is 19.2. The Morgan fingerprint density at radius 3 is 2.37 bits per heavy atom. The van der Waals surface area contributed by atoms with Gasteiger partial charge in [-0.1, -0.05) is 24.3 Å². The lowest BCUT2D eigenvalue weighted by molar-refractivity contribution is -0.146. The molecule has 0 saturated carbocycles. The SMILES string of the molecule is COc1ccccc1N1CCN(C(=O)C(=O)NCc2ccc(F)cc2)CC1. The van der Waals surface area contributed by atoms with Crippen molar-refractivity contribution in [3.05, 3.63) is 59.9 Å². The van der Waals surface area contributed by atoms with Crippen LogP contribution in [0.25, 0.3) is 0 Å². The quantitative estimate of drug-likeness (QED) is 0.833. The fourth-order valence-corrected chi connectivity index (χ4v) is 3.05. The van der Waals surface area contributed by atoms with E-state index < -0.39 is 11.8 Å². The Labute approximate surface area is 157 Å². The number of nitrogens with zero attached hydrogens (tertiary/aromatic N) is 2. The number of hydrogen-bond donors (Lipinski definition) is 1. The Morgan fingerprint density at radius 2 is 1.70 bits per heavy atom. The fraction of sp³-hybridized carbons (Fsp3) is 0.300. The summed E-state index contributed by atoms with van der Waals surface area (Å²) in [6, 6.07) is 13.5. The van der Waals surface area contributed by atoms with Crippen molar-refractivity contribution in [1.29, 1.82) is 0 Å². The van der Waals surface area contributed by atoms with E-state index in [9.17, 15) is 14.0 Å². The number of methoxy groups -OCH3 is 1. The number of amides is 2. The summed E-state index contributed by atoms with van der Waals surface area (Å²) in [7, 11) is 1.63. The van der Waals surface area contributed by atoms with Gasteiger partial charge in [0.05, 0.1) is 12.8 Å². The number of piperazine rings is 1. The summed E-state index contributed by atoms with van der Waals surface area (Å²) in [5, 5.41) is 2.59. The molecule has 0 radical (unpaired) electrons. The molecule has 1 N–H and O–H groups in total. The molecule has 1 saturated heterocycles. The lowest BCUT2D eigenvalue weighted by Gasteiger charge is -2.36. The highest BCUT2D eigenvalue weighted by atomic mass is 19.1. The molecule has 1 aliphatic heterocycles. The number of rotatable bonds is 4. The molecule has 1 aliphatic rings. The summed E-state index contributed by atoms with van der Waals surface area (Å²) in [6.07, 6.45) is 0. The van der Waals surface area contributed by atoms with E-state index in [1.165, 1.54) is 12.1 Å². The van der Waals surface area contributed by atoms with Crippen molar-refractivity contribution in [2.75, 3.05) is 38.2 Å². The zero-order valence-electron chi connectivity index (χ0n) is 15.2. The molecule has 6 nitrogen and oxygen atoms in total. The molecule has 0 spiro atoms. The molecule has 0 aliphatic carbocycles. The van der Waals surface area contributed by atoms with Crippen LogP contribution in [0.15, 0.2) is 48.5 Å². The number of nitrogens with one attached hydrogen (secondary N) is 1. The molecule has 2 amide bonds. The minimum atomic E-state index is -0.648. The van der Waals surface area contributed by atoms with Gasteiger partial charge in [0.2, 0.25) is 0 Å². The van der Waals surface area contributed by atoms with Gasteiger partial charge in [0.15, 0.2) is 0 Å². The van der Waals surface area contributed by atoms with Crippen LogP contribution in [0.1, 0.15) is 5.56 Å². The maximum absolute atomic E-state index is 12.9. The molecular formula is C20H22FN3O3. The lowest BCUT2D eigenvalue weighted by Crippen LogP contribution is -2.52. The van der Waals surface area contributed by atoms with Gasteiger partial charge in [0.1, 0.15) is 11.6 Å². The monoisotopic (exact) mass is 371 g/mol. The highest BCUT2D eigenvalue weighted by molar-refractivity contribution is 6.35. The van der Waals surface area contributed by atoms with E-state index in [0.29, 0.717) is 26.2 Å². The summed E-state index contributed by atoms with van der Waals surface area (Å²) < 4.78 is 18.3. The van der Waals surface area contributed by atoms with Crippen LogP contribution in [0.4, 0.5) is 10.1 Å². The smallest absolute Gasteiger partial charge is 0.312 e. The van der Waals surface area contributed by atoms with Crippen LogP contribution in [0, 0.1) is 5.82 Å². The Bertz CT molecular complexity index is 802. The van der Waals surface area contributed by atoms with Gasteiger partial charge in [0, 0.05) is 32.7 Å². The highest BCUT2D eigenvalue weighted by Gasteiger charge is 2.26. The average Bonchev–Trinajstić information content (AvgIpc) is 2.72. The number of anilines is 1. The summed E-state index contributed by atoms with van der Waals surface area (Å²) in [6.45, 7) is 2.35. The second-order valence-electron chi connectivity index (χ2n) is 6.26. The van der Waals surface area contributed by atoms with Crippen molar-refractivity contribution in [2.24, 2.45) is 0 Å². The normalized spacial score (nSPS) is 14.0. The van der Waals surface area contributed by atoms with Crippen LogP contribution < -0.4 is 15.0 Å². The number of benzene rings is 2. The first-order valence-corrected chi connectivity index (χ1v) is 8.78. The first kappa shape index (κ1) is 18.7. The number of halogens is 1. The molecule has 3 rings (SSSR count). The Hall–Kier alpha value is -3.09. The minimum absolute atomic E-state index is 0.187. The van der Waals surface area contributed by atoms with Crippen molar-refractivity contribution in [2.45, 2.75) is 6.54 Å². The largest absolute Gasteiger partial charge is 0.495 e. The Kier molecular flexibility index (Phi) is 5.90. The van der Waals surface area contributed by atoms with E-state index in [1.54, 1.807) is 24.1 Å². The topological polar surface area (TPSA) is 61.9 Å². The summed E-state index contributed by atoms with van der Waals surface area (Å²) in [5.74, 6) is -0.745.